The first-order valence-electron chi connectivity index (χ1n) is 8.51. The van der Waals surface area contributed by atoms with Gasteiger partial charge < -0.3 is 10.1 Å². The molecule has 0 saturated carbocycles. The zero-order valence-electron chi connectivity index (χ0n) is 14.7. The summed E-state index contributed by atoms with van der Waals surface area (Å²) in [5.41, 5.74) is 3.82. The number of thioether (sulfide) groups is 1. The molecule has 1 aliphatic rings. The van der Waals surface area contributed by atoms with Gasteiger partial charge in [0.1, 0.15) is 11.6 Å². The van der Waals surface area contributed by atoms with Crippen molar-refractivity contribution in [1.29, 1.82) is 0 Å². The van der Waals surface area contributed by atoms with E-state index in [4.69, 9.17) is 21.4 Å². The van der Waals surface area contributed by atoms with Gasteiger partial charge in [0.25, 0.3) is 0 Å². The van der Waals surface area contributed by atoms with Gasteiger partial charge in [0.05, 0.1) is 24.9 Å². The fraction of sp³-hybridized carbons (Fsp3) is 0.200. The number of anilines is 1. The van der Waals surface area contributed by atoms with Gasteiger partial charge in [0.2, 0.25) is 5.91 Å². The first-order chi connectivity index (χ1) is 13.1. The third kappa shape index (κ3) is 3.82. The molecule has 0 bridgehead atoms. The van der Waals surface area contributed by atoms with E-state index in [1.165, 1.54) is 0 Å². The van der Waals surface area contributed by atoms with E-state index in [9.17, 15) is 4.79 Å². The number of aromatic nitrogens is 2. The highest BCUT2D eigenvalue weighted by atomic mass is 35.5. The number of fused-ring (bicyclic) bond motifs is 1. The number of halogens is 1. The average molecular weight is 400 g/mol. The van der Waals surface area contributed by atoms with Crippen LogP contribution in [0.15, 0.2) is 48.5 Å². The maximum Gasteiger partial charge on any atom is 0.229 e. The maximum atomic E-state index is 12.7. The van der Waals surface area contributed by atoms with Crippen molar-refractivity contribution in [3.8, 4) is 11.4 Å². The number of rotatable bonds is 5. The molecule has 7 heteroatoms. The van der Waals surface area contributed by atoms with Crippen molar-refractivity contribution in [3.05, 3.63) is 70.4 Å². The van der Waals surface area contributed by atoms with Crippen LogP contribution < -0.4 is 10.1 Å². The Balaban J connectivity index is 1.62. The summed E-state index contributed by atoms with van der Waals surface area (Å²) >= 11 is 7.94. The topological polar surface area (TPSA) is 56.1 Å². The van der Waals surface area contributed by atoms with Crippen LogP contribution in [0.3, 0.4) is 0 Å². The predicted molar refractivity (Wildman–Crippen MR) is 109 cm³/mol. The van der Waals surface area contributed by atoms with Gasteiger partial charge in [0.15, 0.2) is 0 Å². The van der Waals surface area contributed by atoms with E-state index in [0.29, 0.717) is 5.02 Å². The summed E-state index contributed by atoms with van der Waals surface area (Å²) in [5.74, 6) is 3.06. The Morgan fingerprint density at radius 1 is 1.26 bits per heavy atom. The third-order valence-corrected chi connectivity index (χ3v) is 5.57. The summed E-state index contributed by atoms with van der Waals surface area (Å²) in [6.07, 6.45) is 0.264. The predicted octanol–water partition coefficient (Wildman–Crippen LogP) is 4.46. The molecule has 0 atom stereocenters. The van der Waals surface area contributed by atoms with Crippen molar-refractivity contribution in [2.24, 2.45) is 0 Å². The standard InChI is InChI=1S/C20H18ClN3O2S/c1-26-16-7-2-4-13(8-16)9-19(25)22-20-17-11-27-12-18(17)23-24(20)15-6-3-5-14(21)10-15/h2-8,10H,9,11-12H2,1H3,(H,22,25). The van der Waals surface area contributed by atoms with E-state index in [2.05, 4.69) is 5.32 Å². The Kier molecular flexibility index (Phi) is 5.09. The Hall–Kier alpha value is -2.44. The number of ether oxygens (including phenoxy) is 1. The maximum absolute atomic E-state index is 12.7. The van der Waals surface area contributed by atoms with E-state index in [1.807, 2.05) is 48.5 Å². The van der Waals surface area contributed by atoms with Gasteiger partial charge in [-0.25, -0.2) is 4.68 Å². The lowest BCUT2D eigenvalue weighted by atomic mass is 10.1. The zero-order chi connectivity index (χ0) is 18.8. The Morgan fingerprint density at radius 3 is 2.93 bits per heavy atom. The van der Waals surface area contributed by atoms with Crippen LogP contribution in [0.5, 0.6) is 5.75 Å². The van der Waals surface area contributed by atoms with Crippen LogP contribution in [0.1, 0.15) is 16.8 Å². The van der Waals surface area contributed by atoms with Crippen molar-refractivity contribution >= 4 is 35.1 Å². The lowest BCUT2D eigenvalue weighted by Crippen LogP contribution is -2.18. The number of nitrogens with one attached hydrogen (secondary N) is 1. The number of benzene rings is 2. The molecule has 1 aliphatic heterocycles. The van der Waals surface area contributed by atoms with Gasteiger partial charge in [-0.15, -0.1) is 0 Å². The fourth-order valence-electron chi connectivity index (χ4n) is 3.08. The molecular weight excluding hydrogens is 382 g/mol. The molecule has 2 heterocycles. The van der Waals surface area contributed by atoms with E-state index in [-0.39, 0.29) is 12.3 Å². The third-order valence-electron chi connectivity index (χ3n) is 4.36. The highest BCUT2D eigenvalue weighted by molar-refractivity contribution is 7.98. The molecule has 0 saturated heterocycles. The molecule has 4 rings (SSSR count). The average Bonchev–Trinajstić information content (AvgIpc) is 3.24. The number of methoxy groups -OCH3 is 1. The molecule has 0 radical (unpaired) electrons. The molecule has 0 aliphatic carbocycles. The summed E-state index contributed by atoms with van der Waals surface area (Å²) < 4.78 is 7.01. The molecule has 1 N–H and O–H groups in total. The van der Waals surface area contributed by atoms with Gasteiger partial charge in [-0.2, -0.15) is 16.9 Å². The van der Waals surface area contributed by atoms with Crippen molar-refractivity contribution in [3.63, 3.8) is 0 Å². The van der Waals surface area contributed by atoms with E-state index in [0.717, 1.165) is 45.6 Å². The Bertz CT molecular complexity index is 1000. The van der Waals surface area contributed by atoms with Crippen LogP contribution in [0.4, 0.5) is 5.82 Å². The number of amides is 1. The van der Waals surface area contributed by atoms with Gasteiger partial charge in [0, 0.05) is 22.1 Å². The van der Waals surface area contributed by atoms with Crippen LogP contribution in [-0.4, -0.2) is 22.8 Å². The number of carbonyl (C=O) groups excluding carboxylic acids is 1. The second-order valence-corrected chi connectivity index (χ2v) is 7.66. The zero-order valence-corrected chi connectivity index (χ0v) is 16.3. The van der Waals surface area contributed by atoms with Gasteiger partial charge in [-0.3, -0.25) is 4.79 Å². The van der Waals surface area contributed by atoms with Crippen molar-refractivity contribution in [2.75, 3.05) is 12.4 Å². The second kappa shape index (κ2) is 7.66. The van der Waals surface area contributed by atoms with Crippen LogP contribution in [0.2, 0.25) is 5.02 Å². The molecule has 1 aromatic heterocycles. The minimum Gasteiger partial charge on any atom is -0.497 e. The SMILES string of the molecule is COc1cccc(CC(=O)Nc2c3c(nn2-c2cccc(Cl)c2)CSC3)c1. The first kappa shape index (κ1) is 17.9. The Morgan fingerprint density at radius 2 is 2.11 bits per heavy atom. The lowest BCUT2D eigenvalue weighted by Gasteiger charge is -2.11. The quantitative estimate of drug-likeness (QED) is 0.688. The van der Waals surface area contributed by atoms with Crippen LogP contribution in [0, 0.1) is 0 Å². The van der Waals surface area contributed by atoms with E-state index in [1.54, 1.807) is 23.6 Å². The van der Waals surface area contributed by atoms with Crippen molar-refractivity contribution in [2.45, 2.75) is 17.9 Å². The van der Waals surface area contributed by atoms with Crippen LogP contribution in [0.25, 0.3) is 5.69 Å². The number of carbonyl (C=O) groups is 1. The normalized spacial score (nSPS) is 12.7. The minimum absolute atomic E-state index is 0.0915. The van der Waals surface area contributed by atoms with Crippen molar-refractivity contribution < 1.29 is 9.53 Å². The summed E-state index contributed by atoms with van der Waals surface area (Å²) in [4.78, 5) is 12.7. The first-order valence-corrected chi connectivity index (χ1v) is 10.0. The molecule has 27 heavy (non-hydrogen) atoms. The number of hydrogen-bond acceptors (Lipinski definition) is 4. The smallest absolute Gasteiger partial charge is 0.229 e. The van der Waals surface area contributed by atoms with Gasteiger partial charge >= 0.3 is 0 Å². The second-order valence-electron chi connectivity index (χ2n) is 6.23. The van der Waals surface area contributed by atoms with Crippen LogP contribution in [-0.2, 0) is 22.7 Å². The summed E-state index contributed by atoms with van der Waals surface area (Å²) in [6.45, 7) is 0. The van der Waals surface area contributed by atoms with Crippen molar-refractivity contribution in [1.82, 2.24) is 9.78 Å². The molecule has 0 unspecified atom stereocenters. The van der Waals surface area contributed by atoms with Gasteiger partial charge in [-0.05, 0) is 35.9 Å². The molecular formula is C20H18ClN3O2S. The molecule has 3 aromatic rings. The van der Waals surface area contributed by atoms with Crippen LogP contribution >= 0.6 is 23.4 Å². The fourth-order valence-corrected chi connectivity index (χ4v) is 4.30. The summed E-state index contributed by atoms with van der Waals surface area (Å²) in [5, 5.41) is 8.38. The van der Waals surface area contributed by atoms with E-state index < -0.39 is 0 Å². The number of nitrogens with zero attached hydrogens (tertiary/aromatic N) is 2. The number of hydrogen-bond donors (Lipinski definition) is 1. The molecule has 138 valence electrons. The monoisotopic (exact) mass is 399 g/mol. The molecule has 0 fully saturated rings. The molecule has 1 amide bonds. The lowest BCUT2D eigenvalue weighted by molar-refractivity contribution is -0.115. The summed E-state index contributed by atoms with van der Waals surface area (Å²) in [7, 11) is 1.61. The molecule has 0 spiro atoms. The Labute approximate surface area is 166 Å². The highest BCUT2D eigenvalue weighted by Crippen LogP contribution is 2.36. The molecule has 2 aromatic carbocycles. The van der Waals surface area contributed by atoms with E-state index >= 15 is 0 Å². The van der Waals surface area contributed by atoms with Gasteiger partial charge in [-0.1, -0.05) is 29.8 Å². The molecule has 5 nitrogen and oxygen atoms in total. The minimum atomic E-state index is -0.0915. The largest absolute Gasteiger partial charge is 0.497 e. The highest BCUT2D eigenvalue weighted by Gasteiger charge is 2.24. The summed E-state index contributed by atoms with van der Waals surface area (Å²) in [6, 6.07) is 15.0.